The molecule has 1 N–H and O–H groups in total. The molecule has 0 amide bonds. The Morgan fingerprint density at radius 3 is 2.67 bits per heavy atom. The van der Waals surface area contributed by atoms with E-state index in [2.05, 4.69) is 5.16 Å². The Labute approximate surface area is 128 Å². The molecule has 0 unspecified atom stereocenters. The molecule has 2 aromatic rings. The Balaban J connectivity index is 2.17. The first-order valence-electron chi connectivity index (χ1n) is 6.55. The molecule has 0 bridgehead atoms. The normalized spacial score (nSPS) is 10.8. The van der Waals surface area contributed by atoms with Gasteiger partial charge in [-0.15, -0.1) is 0 Å². The maximum atomic E-state index is 8.58. The SMILES string of the molecule is CCOc1cc(/C=N/O)ccc1OCc1ccccc1Cl. The van der Waals surface area contributed by atoms with E-state index in [-0.39, 0.29) is 0 Å². The quantitative estimate of drug-likeness (QED) is 0.496. The van der Waals surface area contributed by atoms with Crippen LogP contribution in [0.25, 0.3) is 0 Å². The van der Waals surface area contributed by atoms with Crippen LogP contribution in [0.1, 0.15) is 18.1 Å². The highest BCUT2D eigenvalue weighted by molar-refractivity contribution is 6.31. The van der Waals surface area contributed by atoms with Crippen molar-refractivity contribution in [3.05, 3.63) is 58.6 Å². The van der Waals surface area contributed by atoms with E-state index in [1.807, 2.05) is 31.2 Å². The Hall–Kier alpha value is -2.20. The first kappa shape index (κ1) is 15.2. The van der Waals surface area contributed by atoms with Crippen molar-refractivity contribution in [2.24, 2.45) is 5.16 Å². The lowest BCUT2D eigenvalue weighted by Crippen LogP contribution is -2.00. The Kier molecular flexibility index (Phi) is 5.46. The summed E-state index contributed by atoms with van der Waals surface area (Å²) in [7, 11) is 0. The average Bonchev–Trinajstić information content (AvgIpc) is 2.49. The van der Waals surface area contributed by atoms with Crippen LogP contribution in [-0.2, 0) is 6.61 Å². The van der Waals surface area contributed by atoms with E-state index in [0.29, 0.717) is 29.7 Å². The second-order valence-electron chi connectivity index (χ2n) is 4.26. The standard InChI is InChI=1S/C16H16ClNO3/c1-2-20-16-9-12(10-18-19)7-8-15(16)21-11-13-5-3-4-6-14(13)17/h3-10,19H,2,11H2,1H3/b18-10+. The van der Waals surface area contributed by atoms with Crippen molar-refractivity contribution in [3.8, 4) is 11.5 Å². The Morgan fingerprint density at radius 1 is 1.14 bits per heavy atom. The van der Waals surface area contributed by atoms with Crippen LogP contribution in [0.15, 0.2) is 47.6 Å². The first-order valence-corrected chi connectivity index (χ1v) is 6.93. The van der Waals surface area contributed by atoms with E-state index in [1.54, 1.807) is 18.2 Å². The lowest BCUT2D eigenvalue weighted by atomic mass is 10.2. The molecule has 0 fully saturated rings. The molecule has 4 nitrogen and oxygen atoms in total. The van der Waals surface area contributed by atoms with Crippen LogP contribution in [0.2, 0.25) is 5.02 Å². The van der Waals surface area contributed by atoms with E-state index >= 15 is 0 Å². The van der Waals surface area contributed by atoms with Gasteiger partial charge in [0.2, 0.25) is 0 Å². The van der Waals surface area contributed by atoms with Gasteiger partial charge in [-0.25, -0.2) is 0 Å². The minimum atomic E-state index is 0.354. The molecular formula is C16H16ClNO3. The van der Waals surface area contributed by atoms with Gasteiger partial charge in [0, 0.05) is 16.1 Å². The molecule has 110 valence electrons. The Morgan fingerprint density at radius 2 is 1.95 bits per heavy atom. The van der Waals surface area contributed by atoms with Crippen molar-refractivity contribution in [3.63, 3.8) is 0 Å². The number of hydrogen-bond donors (Lipinski definition) is 1. The van der Waals surface area contributed by atoms with Gasteiger partial charge in [0.1, 0.15) is 6.61 Å². The van der Waals surface area contributed by atoms with Crippen LogP contribution in [0.4, 0.5) is 0 Å². The van der Waals surface area contributed by atoms with Gasteiger partial charge in [-0.05, 0) is 31.2 Å². The van der Waals surface area contributed by atoms with Crippen molar-refractivity contribution in [2.75, 3.05) is 6.61 Å². The van der Waals surface area contributed by atoms with Crippen molar-refractivity contribution in [1.82, 2.24) is 0 Å². The van der Waals surface area contributed by atoms with Gasteiger partial charge in [0.15, 0.2) is 11.5 Å². The van der Waals surface area contributed by atoms with Crippen molar-refractivity contribution in [1.29, 1.82) is 0 Å². The summed E-state index contributed by atoms with van der Waals surface area (Å²) in [4.78, 5) is 0. The van der Waals surface area contributed by atoms with Gasteiger partial charge < -0.3 is 14.7 Å². The summed E-state index contributed by atoms with van der Waals surface area (Å²) in [6.45, 7) is 2.76. The van der Waals surface area contributed by atoms with Gasteiger partial charge in [-0.2, -0.15) is 0 Å². The topological polar surface area (TPSA) is 51.0 Å². The molecule has 0 aliphatic carbocycles. The number of ether oxygens (including phenoxy) is 2. The van der Waals surface area contributed by atoms with E-state index in [1.165, 1.54) is 6.21 Å². The predicted molar refractivity (Wildman–Crippen MR) is 82.8 cm³/mol. The number of rotatable bonds is 6. The van der Waals surface area contributed by atoms with E-state index in [0.717, 1.165) is 11.1 Å². The molecule has 21 heavy (non-hydrogen) atoms. The second-order valence-corrected chi connectivity index (χ2v) is 4.67. The summed E-state index contributed by atoms with van der Waals surface area (Å²) in [6.07, 6.45) is 1.33. The fourth-order valence-corrected chi connectivity index (χ4v) is 2.02. The fraction of sp³-hybridized carbons (Fsp3) is 0.188. The van der Waals surface area contributed by atoms with E-state index < -0.39 is 0 Å². The zero-order chi connectivity index (χ0) is 15.1. The third kappa shape index (κ3) is 4.13. The maximum Gasteiger partial charge on any atom is 0.161 e. The second kappa shape index (κ2) is 7.55. The summed E-state index contributed by atoms with van der Waals surface area (Å²) >= 11 is 6.10. The minimum absolute atomic E-state index is 0.354. The summed E-state index contributed by atoms with van der Waals surface area (Å²) < 4.78 is 11.3. The molecule has 0 saturated carbocycles. The zero-order valence-corrected chi connectivity index (χ0v) is 12.4. The monoisotopic (exact) mass is 305 g/mol. The van der Waals surface area contributed by atoms with Gasteiger partial charge in [0.25, 0.3) is 0 Å². The molecule has 0 atom stereocenters. The third-order valence-electron chi connectivity index (χ3n) is 2.82. The highest BCUT2D eigenvalue weighted by atomic mass is 35.5. The highest BCUT2D eigenvalue weighted by Gasteiger charge is 2.07. The largest absolute Gasteiger partial charge is 0.490 e. The van der Waals surface area contributed by atoms with Crippen LogP contribution < -0.4 is 9.47 Å². The summed E-state index contributed by atoms with van der Waals surface area (Å²) in [5.74, 6) is 1.22. The molecule has 0 aliphatic heterocycles. The molecule has 0 aromatic heterocycles. The van der Waals surface area contributed by atoms with Crippen LogP contribution in [0.3, 0.4) is 0 Å². The fourth-order valence-electron chi connectivity index (χ4n) is 1.83. The molecule has 2 aromatic carbocycles. The molecule has 0 saturated heterocycles. The van der Waals surface area contributed by atoms with Crippen molar-refractivity contribution < 1.29 is 14.7 Å². The maximum absolute atomic E-state index is 8.58. The van der Waals surface area contributed by atoms with Gasteiger partial charge >= 0.3 is 0 Å². The summed E-state index contributed by atoms with van der Waals surface area (Å²) in [6, 6.07) is 12.8. The van der Waals surface area contributed by atoms with Crippen molar-refractivity contribution >= 4 is 17.8 Å². The zero-order valence-electron chi connectivity index (χ0n) is 11.6. The summed E-state index contributed by atoms with van der Waals surface area (Å²) in [5.41, 5.74) is 1.63. The van der Waals surface area contributed by atoms with E-state index in [4.69, 9.17) is 26.3 Å². The van der Waals surface area contributed by atoms with Gasteiger partial charge in [0.05, 0.1) is 12.8 Å². The summed E-state index contributed by atoms with van der Waals surface area (Å²) in [5, 5.41) is 12.2. The number of nitrogens with zero attached hydrogens (tertiary/aromatic N) is 1. The van der Waals surface area contributed by atoms with Crippen LogP contribution in [0.5, 0.6) is 11.5 Å². The molecule has 0 aliphatic rings. The lowest BCUT2D eigenvalue weighted by molar-refractivity contribution is 0.269. The molecule has 0 heterocycles. The predicted octanol–water partition coefficient (Wildman–Crippen LogP) is 4.13. The lowest BCUT2D eigenvalue weighted by Gasteiger charge is -2.13. The number of hydrogen-bond acceptors (Lipinski definition) is 4. The molecule has 0 radical (unpaired) electrons. The number of halogens is 1. The molecule has 5 heteroatoms. The first-order chi connectivity index (χ1) is 10.2. The van der Waals surface area contributed by atoms with Crippen LogP contribution in [0, 0.1) is 0 Å². The number of benzene rings is 2. The average molecular weight is 306 g/mol. The number of oxime groups is 1. The van der Waals surface area contributed by atoms with Crippen molar-refractivity contribution in [2.45, 2.75) is 13.5 Å². The van der Waals surface area contributed by atoms with Gasteiger partial charge in [-0.1, -0.05) is 35.0 Å². The van der Waals surface area contributed by atoms with Crippen LogP contribution >= 0.6 is 11.6 Å². The van der Waals surface area contributed by atoms with Gasteiger partial charge in [-0.3, -0.25) is 0 Å². The minimum Gasteiger partial charge on any atom is -0.490 e. The smallest absolute Gasteiger partial charge is 0.161 e. The molecule has 2 rings (SSSR count). The molecular weight excluding hydrogens is 290 g/mol. The van der Waals surface area contributed by atoms with E-state index in [9.17, 15) is 0 Å². The highest BCUT2D eigenvalue weighted by Crippen LogP contribution is 2.29. The Bertz CT molecular complexity index is 629. The third-order valence-corrected chi connectivity index (χ3v) is 3.18. The molecule has 0 spiro atoms. The van der Waals surface area contributed by atoms with Crippen LogP contribution in [-0.4, -0.2) is 18.0 Å².